The first-order valence-electron chi connectivity index (χ1n) is 11.1. The first-order chi connectivity index (χ1) is 15.5. The first-order valence-corrected chi connectivity index (χ1v) is 11.1. The van der Waals surface area contributed by atoms with Crippen LogP contribution in [0.15, 0.2) is 60.7 Å². The van der Waals surface area contributed by atoms with Gasteiger partial charge in [-0.25, -0.2) is 0 Å². The topological polar surface area (TPSA) is 81.8 Å². The van der Waals surface area contributed by atoms with Crippen LogP contribution in [-0.4, -0.2) is 72.7 Å². The molecule has 1 heterocycles. The van der Waals surface area contributed by atoms with Crippen LogP contribution in [0.5, 0.6) is 0 Å². The van der Waals surface area contributed by atoms with E-state index < -0.39 is 6.04 Å². The Kier molecular flexibility index (Phi) is 8.95. The van der Waals surface area contributed by atoms with Crippen molar-refractivity contribution in [3.05, 3.63) is 71.8 Å². The van der Waals surface area contributed by atoms with Gasteiger partial charge in [-0.1, -0.05) is 60.7 Å². The molecule has 3 rings (SSSR count). The number of rotatable bonds is 10. The molecule has 0 radical (unpaired) electrons. The Morgan fingerprint density at radius 1 is 0.781 bits per heavy atom. The van der Waals surface area contributed by atoms with Crippen molar-refractivity contribution in [2.75, 3.05) is 39.3 Å². The van der Waals surface area contributed by atoms with Gasteiger partial charge in [-0.3, -0.25) is 24.2 Å². The molecular weight excluding hydrogens is 404 g/mol. The van der Waals surface area contributed by atoms with E-state index in [4.69, 9.17) is 0 Å². The van der Waals surface area contributed by atoms with E-state index >= 15 is 0 Å². The van der Waals surface area contributed by atoms with E-state index in [1.54, 1.807) is 0 Å². The third-order valence-corrected chi connectivity index (χ3v) is 5.64. The minimum Gasteiger partial charge on any atom is -0.351 e. The molecule has 7 heteroatoms. The third kappa shape index (κ3) is 7.90. The summed E-state index contributed by atoms with van der Waals surface area (Å²) in [7, 11) is 0. The van der Waals surface area contributed by atoms with Crippen LogP contribution < -0.4 is 10.6 Å². The van der Waals surface area contributed by atoms with Gasteiger partial charge in [-0.15, -0.1) is 0 Å². The quantitative estimate of drug-likeness (QED) is 0.586. The van der Waals surface area contributed by atoms with Gasteiger partial charge in [-0.05, 0) is 24.5 Å². The van der Waals surface area contributed by atoms with Crippen LogP contribution in [0, 0.1) is 0 Å². The summed E-state index contributed by atoms with van der Waals surface area (Å²) in [5, 5.41) is 5.83. The van der Waals surface area contributed by atoms with Crippen molar-refractivity contribution in [1.29, 1.82) is 0 Å². The summed E-state index contributed by atoms with van der Waals surface area (Å²) >= 11 is 0. The third-order valence-electron chi connectivity index (χ3n) is 5.64. The van der Waals surface area contributed by atoms with Crippen LogP contribution in [-0.2, 0) is 27.3 Å². The number of amides is 2. The van der Waals surface area contributed by atoms with Crippen LogP contribution in [0.25, 0.3) is 0 Å². The van der Waals surface area contributed by atoms with E-state index in [1.165, 1.54) is 6.92 Å². The Bertz CT molecular complexity index is 881. The Morgan fingerprint density at radius 3 is 1.81 bits per heavy atom. The molecule has 0 aromatic heterocycles. The van der Waals surface area contributed by atoms with Gasteiger partial charge in [0.15, 0.2) is 5.78 Å². The smallest absolute Gasteiger partial charge is 0.234 e. The van der Waals surface area contributed by atoms with E-state index in [0.29, 0.717) is 32.6 Å². The molecule has 32 heavy (non-hydrogen) atoms. The van der Waals surface area contributed by atoms with E-state index in [9.17, 15) is 14.4 Å². The summed E-state index contributed by atoms with van der Waals surface area (Å²) in [6.07, 6.45) is 0.494. The summed E-state index contributed by atoms with van der Waals surface area (Å²) in [5.74, 6) is -0.186. The van der Waals surface area contributed by atoms with Crippen LogP contribution in [0.1, 0.15) is 18.1 Å². The minimum atomic E-state index is -0.514. The lowest BCUT2D eigenvalue weighted by atomic mass is 10.0. The Morgan fingerprint density at radius 2 is 1.28 bits per heavy atom. The number of hydrogen-bond donors (Lipinski definition) is 2. The second-order valence-corrected chi connectivity index (χ2v) is 8.24. The number of piperazine rings is 1. The van der Waals surface area contributed by atoms with Crippen molar-refractivity contribution in [3.63, 3.8) is 0 Å². The van der Waals surface area contributed by atoms with Crippen LogP contribution in [0.3, 0.4) is 0 Å². The van der Waals surface area contributed by atoms with Crippen molar-refractivity contribution in [2.24, 2.45) is 0 Å². The predicted molar refractivity (Wildman–Crippen MR) is 124 cm³/mol. The highest BCUT2D eigenvalue weighted by atomic mass is 16.2. The predicted octanol–water partition coefficient (Wildman–Crippen LogP) is 1.24. The zero-order valence-electron chi connectivity index (χ0n) is 18.6. The maximum atomic E-state index is 12.5. The van der Waals surface area contributed by atoms with E-state index in [0.717, 1.165) is 24.2 Å². The molecule has 0 spiro atoms. The number of hydrogen-bond acceptors (Lipinski definition) is 5. The molecule has 2 aromatic rings. The second kappa shape index (κ2) is 12.1. The average molecular weight is 437 g/mol. The zero-order chi connectivity index (χ0) is 22.8. The second-order valence-electron chi connectivity index (χ2n) is 8.24. The summed E-state index contributed by atoms with van der Waals surface area (Å²) in [5.41, 5.74) is 2.10. The first kappa shape index (κ1) is 23.6. The summed E-state index contributed by atoms with van der Waals surface area (Å²) in [6.45, 7) is 5.53. The fourth-order valence-corrected chi connectivity index (χ4v) is 3.75. The van der Waals surface area contributed by atoms with Crippen LogP contribution in [0.4, 0.5) is 0 Å². The molecule has 2 aromatic carbocycles. The van der Waals surface area contributed by atoms with Crippen molar-refractivity contribution in [2.45, 2.75) is 25.9 Å². The summed E-state index contributed by atoms with van der Waals surface area (Å²) < 4.78 is 0. The molecule has 2 N–H and O–H groups in total. The number of benzene rings is 2. The van der Waals surface area contributed by atoms with Crippen molar-refractivity contribution in [1.82, 2.24) is 20.4 Å². The van der Waals surface area contributed by atoms with Gasteiger partial charge < -0.3 is 10.6 Å². The molecule has 1 aliphatic rings. The standard InChI is InChI=1S/C25H32N4O3/c1-20(30)23(16-21-8-4-2-5-9-21)27-25(32)19-29-14-12-28(13-15-29)18-24(31)26-17-22-10-6-3-7-11-22/h2-11,23H,12-19H2,1H3,(H,26,31)(H,27,32). The molecule has 0 bridgehead atoms. The van der Waals surface area contributed by atoms with Gasteiger partial charge in [-0.2, -0.15) is 0 Å². The van der Waals surface area contributed by atoms with Gasteiger partial charge in [0.1, 0.15) is 0 Å². The van der Waals surface area contributed by atoms with Crippen molar-refractivity contribution >= 4 is 17.6 Å². The Labute approximate surface area is 189 Å². The van der Waals surface area contributed by atoms with E-state index in [1.807, 2.05) is 60.7 Å². The van der Waals surface area contributed by atoms with Crippen molar-refractivity contribution in [3.8, 4) is 0 Å². The molecular formula is C25H32N4O3. The maximum absolute atomic E-state index is 12.5. The molecule has 1 fully saturated rings. The highest BCUT2D eigenvalue weighted by molar-refractivity contribution is 5.88. The van der Waals surface area contributed by atoms with Crippen molar-refractivity contribution < 1.29 is 14.4 Å². The number of carbonyl (C=O) groups is 3. The van der Waals surface area contributed by atoms with Gasteiger partial charge in [0.25, 0.3) is 0 Å². The van der Waals surface area contributed by atoms with Gasteiger partial charge in [0.2, 0.25) is 11.8 Å². The SMILES string of the molecule is CC(=O)C(Cc1ccccc1)NC(=O)CN1CCN(CC(=O)NCc2ccccc2)CC1. The van der Waals surface area contributed by atoms with Gasteiger partial charge in [0, 0.05) is 32.7 Å². The molecule has 170 valence electrons. The molecule has 7 nitrogen and oxygen atoms in total. The molecule has 0 saturated carbocycles. The number of nitrogens with one attached hydrogen (secondary N) is 2. The molecule has 2 amide bonds. The highest BCUT2D eigenvalue weighted by Gasteiger charge is 2.23. The van der Waals surface area contributed by atoms with Crippen LogP contribution >= 0.6 is 0 Å². The van der Waals surface area contributed by atoms with Gasteiger partial charge >= 0.3 is 0 Å². The normalized spacial score (nSPS) is 15.7. The lowest BCUT2D eigenvalue weighted by Gasteiger charge is -2.34. The monoisotopic (exact) mass is 436 g/mol. The summed E-state index contributed by atoms with van der Waals surface area (Å²) in [6, 6.07) is 19.0. The largest absolute Gasteiger partial charge is 0.351 e. The lowest BCUT2D eigenvalue weighted by Crippen LogP contribution is -2.53. The summed E-state index contributed by atoms with van der Waals surface area (Å²) in [4.78, 5) is 40.9. The number of nitrogens with zero attached hydrogens (tertiary/aromatic N) is 2. The molecule has 0 aliphatic carbocycles. The molecule has 1 aliphatic heterocycles. The number of Topliss-reactive ketones (excluding diaryl/α,β-unsaturated/α-hetero) is 1. The number of carbonyl (C=O) groups excluding carboxylic acids is 3. The van der Waals surface area contributed by atoms with E-state index in [2.05, 4.69) is 20.4 Å². The Hall–Kier alpha value is -3.03. The molecule has 1 unspecified atom stereocenters. The van der Waals surface area contributed by atoms with E-state index in [-0.39, 0.29) is 24.1 Å². The van der Waals surface area contributed by atoms with Gasteiger partial charge in [0.05, 0.1) is 19.1 Å². The highest BCUT2D eigenvalue weighted by Crippen LogP contribution is 2.06. The zero-order valence-corrected chi connectivity index (χ0v) is 18.6. The Balaban J connectivity index is 1.36. The average Bonchev–Trinajstić information content (AvgIpc) is 2.80. The fourth-order valence-electron chi connectivity index (χ4n) is 3.75. The lowest BCUT2D eigenvalue weighted by molar-refractivity contribution is -0.128. The molecule has 1 saturated heterocycles. The minimum absolute atomic E-state index is 0.00487. The molecule has 1 atom stereocenters. The fraction of sp³-hybridized carbons (Fsp3) is 0.400. The number of ketones is 1. The maximum Gasteiger partial charge on any atom is 0.234 e. The van der Waals surface area contributed by atoms with Crippen LogP contribution in [0.2, 0.25) is 0 Å².